The molecule has 1 aromatic heterocycles. The van der Waals surface area contributed by atoms with E-state index in [1.807, 2.05) is 0 Å². The van der Waals surface area contributed by atoms with Crippen LogP contribution in [-0.4, -0.2) is 24.2 Å². The van der Waals surface area contributed by atoms with E-state index in [1.165, 1.54) is 25.7 Å². The molecule has 23 heavy (non-hydrogen) atoms. The number of nitrogens with zero attached hydrogens (tertiary/aromatic N) is 2. The van der Waals surface area contributed by atoms with Crippen molar-refractivity contribution in [2.45, 2.75) is 65.8 Å². The van der Waals surface area contributed by atoms with Gasteiger partial charge < -0.3 is 15.2 Å². The second kappa shape index (κ2) is 10.9. The molecule has 1 aromatic rings. The standard InChI is InChI=1S/C17H30N4O.HI/c1-4-15-14(16(5-2)22-21-15)12-20-17(18-6-3)19-11-7-8-13-9-10-13;/h13H,4-12H2,1-3H3,(H2,18,19,20);1H. The zero-order chi connectivity index (χ0) is 15.8. The van der Waals surface area contributed by atoms with E-state index in [1.54, 1.807) is 0 Å². The van der Waals surface area contributed by atoms with Crippen LogP contribution in [0.4, 0.5) is 0 Å². The van der Waals surface area contributed by atoms with E-state index < -0.39 is 0 Å². The predicted molar refractivity (Wildman–Crippen MR) is 105 cm³/mol. The Morgan fingerprint density at radius 1 is 1.22 bits per heavy atom. The van der Waals surface area contributed by atoms with Crippen LogP contribution < -0.4 is 10.6 Å². The topological polar surface area (TPSA) is 62.5 Å². The zero-order valence-electron chi connectivity index (χ0n) is 14.7. The average molecular weight is 434 g/mol. The van der Waals surface area contributed by atoms with Crippen molar-refractivity contribution in [2.24, 2.45) is 10.9 Å². The van der Waals surface area contributed by atoms with Gasteiger partial charge in [-0.15, -0.1) is 24.0 Å². The van der Waals surface area contributed by atoms with Crippen molar-refractivity contribution in [3.05, 3.63) is 17.0 Å². The van der Waals surface area contributed by atoms with Crippen LogP contribution in [0.2, 0.25) is 0 Å². The van der Waals surface area contributed by atoms with Crippen molar-refractivity contribution in [1.82, 2.24) is 15.8 Å². The van der Waals surface area contributed by atoms with Crippen LogP contribution in [0.25, 0.3) is 0 Å². The first kappa shape index (κ1) is 20.3. The highest BCUT2D eigenvalue weighted by Gasteiger charge is 2.20. The molecule has 1 saturated carbocycles. The van der Waals surface area contributed by atoms with Gasteiger partial charge in [0.25, 0.3) is 0 Å². The van der Waals surface area contributed by atoms with Crippen LogP contribution in [-0.2, 0) is 19.4 Å². The molecule has 0 aliphatic heterocycles. The summed E-state index contributed by atoms with van der Waals surface area (Å²) in [6, 6.07) is 0. The Kier molecular flexibility index (Phi) is 9.59. The van der Waals surface area contributed by atoms with E-state index >= 15 is 0 Å². The van der Waals surface area contributed by atoms with Gasteiger partial charge in [0.2, 0.25) is 0 Å². The maximum Gasteiger partial charge on any atom is 0.191 e. The van der Waals surface area contributed by atoms with Gasteiger partial charge in [0.15, 0.2) is 5.96 Å². The fourth-order valence-corrected chi connectivity index (χ4v) is 2.62. The molecule has 0 saturated heterocycles. The van der Waals surface area contributed by atoms with Gasteiger partial charge in [-0.05, 0) is 32.1 Å². The van der Waals surface area contributed by atoms with Crippen molar-refractivity contribution in [2.75, 3.05) is 13.1 Å². The smallest absolute Gasteiger partial charge is 0.191 e. The molecule has 1 fully saturated rings. The van der Waals surface area contributed by atoms with Crippen LogP contribution in [0.1, 0.15) is 63.5 Å². The van der Waals surface area contributed by atoms with E-state index in [-0.39, 0.29) is 24.0 Å². The first-order valence-electron chi connectivity index (χ1n) is 8.76. The van der Waals surface area contributed by atoms with E-state index in [9.17, 15) is 0 Å². The minimum absolute atomic E-state index is 0. The third kappa shape index (κ3) is 6.69. The number of aromatic nitrogens is 1. The Labute approximate surface area is 157 Å². The van der Waals surface area contributed by atoms with Gasteiger partial charge in [0.05, 0.1) is 12.2 Å². The SMILES string of the molecule is CCNC(=NCc1c(CC)noc1CC)NCCCC1CC1.I. The quantitative estimate of drug-likeness (QED) is 0.270. The highest BCUT2D eigenvalue weighted by atomic mass is 127. The first-order chi connectivity index (χ1) is 10.8. The minimum atomic E-state index is 0. The summed E-state index contributed by atoms with van der Waals surface area (Å²) in [6.45, 7) is 8.79. The van der Waals surface area contributed by atoms with Crippen LogP contribution in [0.3, 0.4) is 0 Å². The molecule has 0 amide bonds. The molecule has 0 bridgehead atoms. The summed E-state index contributed by atoms with van der Waals surface area (Å²) in [5.41, 5.74) is 2.19. The number of halogens is 1. The highest BCUT2D eigenvalue weighted by molar-refractivity contribution is 14.0. The summed E-state index contributed by atoms with van der Waals surface area (Å²) >= 11 is 0. The summed E-state index contributed by atoms with van der Waals surface area (Å²) in [7, 11) is 0. The zero-order valence-corrected chi connectivity index (χ0v) is 17.0. The van der Waals surface area contributed by atoms with Gasteiger partial charge in [-0.1, -0.05) is 31.8 Å². The second-order valence-electron chi connectivity index (χ2n) is 5.95. The Morgan fingerprint density at radius 2 is 2.00 bits per heavy atom. The molecule has 6 heteroatoms. The molecule has 132 valence electrons. The predicted octanol–water partition coefficient (Wildman–Crippen LogP) is 3.66. The van der Waals surface area contributed by atoms with Gasteiger partial charge >= 0.3 is 0 Å². The van der Waals surface area contributed by atoms with Gasteiger partial charge in [0.1, 0.15) is 5.76 Å². The molecule has 0 aromatic carbocycles. The number of hydrogen-bond donors (Lipinski definition) is 2. The molecule has 2 N–H and O–H groups in total. The average Bonchev–Trinajstić information content (AvgIpc) is 3.27. The molecule has 5 nitrogen and oxygen atoms in total. The number of guanidine groups is 1. The lowest BCUT2D eigenvalue weighted by Gasteiger charge is -2.11. The molecule has 2 rings (SSSR count). The van der Waals surface area contributed by atoms with Gasteiger partial charge in [-0.3, -0.25) is 0 Å². The minimum Gasteiger partial charge on any atom is -0.361 e. The Morgan fingerprint density at radius 3 is 2.61 bits per heavy atom. The highest BCUT2D eigenvalue weighted by Crippen LogP contribution is 2.33. The van der Waals surface area contributed by atoms with Crippen molar-refractivity contribution in [3.63, 3.8) is 0 Å². The Bertz CT molecular complexity index is 461. The molecule has 1 heterocycles. The van der Waals surface area contributed by atoms with Crippen LogP contribution in [0, 0.1) is 5.92 Å². The number of rotatable bonds is 9. The molecule has 1 aliphatic rings. The largest absolute Gasteiger partial charge is 0.361 e. The monoisotopic (exact) mass is 434 g/mol. The summed E-state index contributed by atoms with van der Waals surface area (Å²) in [5, 5.41) is 10.9. The maximum atomic E-state index is 5.40. The fraction of sp³-hybridized carbons (Fsp3) is 0.765. The molecule has 0 unspecified atom stereocenters. The van der Waals surface area contributed by atoms with E-state index in [0.29, 0.717) is 6.54 Å². The number of nitrogens with one attached hydrogen (secondary N) is 2. The lowest BCUT2D eigenvalue weighted by Crippen LogP contribution is -2.37. The van der Waals surface area contributed by atoms with E-state index in [4.69, 9.17) is 9.52 Å². The van der Waals surface area contributed by atoms with Crippen molar-refractivity contribution >= 4 is 29.9 Å². The summed E-state index contributed by atoms with van der Waals surface area (Å²) in [5.74, 6) is 2.85. The lowest BCUT2D eigenvalue weighted by atomic mass is 10.1. The third-order valence-corrected chi connectivity index (χ3v) is 4.12. The number of aryl methyl sites for hydroxylation is 2. The normalized spacial score (nSPS) is 14.5. The number of hydrogen-bond acceptors (Lipinski definition) is 3. The Balaban J connectivity index is 0.00000264. The van der Waals surface area contributed by atoms with Gasteiger partial charge in [-0.25, -0.2) is 4.99 Å². The van der Waals surface area contributed by atoms with E-state index in [0.717, 1.165) is 54.8 Å². The fourth-order valence-electron chi connectivity index (χ4n) is 2.62. The maximum absolute atomic E-state index is 5.40. The van der Waals surface area contributed by atoms with Gasteiger partial charge in [-0.2, -0.15) is 0 Å². The van der Waals surface area contributed by atoms with Gasteiger partial charge in [0, 0.05) is 25.1 Å². The second-order valence-corrected chi connectivity index (χ2v) is 5.95. The molecule has 1 aliphatic carbocycles. The summed E-state index contributed by atoms with van der Waals surface area (Å²) in [4.78, 5) is 4.70. The molecule has 0 atom stereocenters. The van der Waals surface area contributed by atoms with Crippen molar-refractivity contribution in [3.8, 4) is 0 Å². The van der Waals surface area contributed by atoms with Crippen molar-refractivity contribution < 1.29 is 4.52 Å². The summed E-state index contributed by atoms with van der Waals surface area (Å²) < 4.78 is 5.40. The van der Waals surface area contributed by atoms with E-state index in [2.05, 4.69) is 36.6 Å². The molecule has 0 radical (unpaired) electrons. The summed E-state index contributed by atoms with van der Waals surface area (Å²) in [6.07, 6.45) is 7.19. The molecular weight excluding hydrogens is 403 g/mol. The van der Waals surface area contributed by atoms with Crippen LogP contribution in [0.5, 0.6) is 0 Å². The van der Waals surface area contributed by atoms with Crippen LogP contribution >= 0.6 is 24.0 Å². The molecular formula is C17H31IN4O. The first-order valence-corrected chi connectivity index (χ1v) is 8.76. The van der Waals surface area contributed by atoms with Crippen LogP contribution in [0.15, 0.2) is 9.52 Å². The van der Waals surface area contributed by atoms with Crippen molar-refractivity contribution in [1.29, 1.82) is 0 Å². The lowest BCUT2D eigenvalue weighted by molar-refractivity contribution is 0.380. The Hall–Kier alpha value is -0.790. The number of aliphatic imine (C=N–C) groups is 1. The third-order valence-electron chi connectivity index (χ3n) is 4.12. The molecule has 0 spiro atoms.